The molecule has 1 atom stereocenters. The Labute approximate surface area is 124 Å². The Kier molecular flexibility index (Phi) is 5.03. The molecule has 0 aromatic heterocycles. The predicted octanol–water partition coefficient (Wildman–Crippen LogP) is 3.02. The first kappa shape index (κ1) is 15.0. The van der Waals surface area contributed by atoms with E-state index in [4.69, 9.17) is 0 Å². The minimum Gasteiger partial charge on any atom is -0.208 e. The van der Waals surface area contributed by atoms with Crippen molar-refractivity contribution in [3.63, 3.8) is 0 Å². The van der Waals surface area contributed by atoms with Crippen LogP contribution < -0.4 is 4.72 Å². The van der Waals surface area contributed by atoms with Crippen LogP contribution in [0.3, 0.4) is 0 Å². The summed E-state index contributed by atoms with van der Waals surface area (Å²) in [6.45, 7) is 2.00. The van der Waals surface area contributed by atoms with Gasteiger partial charge in [-0.15, -0.1) is 0 Å². The number of hydrogen-bond acceptors (Lipinski definition) is 2. The van der Waals surface area contributed by atoms with Crippen LogP contribution in [0, 0.1) is 0 Å². The van der Waals surface area contributed by atoms with Crippen LogP contribution in [0.4, 0.5) is 0 Å². The van der Waals surface area contributed by atoms with Gasteiger partial charge in [0.1, 0.15) is 0 Å². The lowest BCUT2D eigenvalue weighted by Crippen LogP contribution is -2.34. The minimum absolute atomic E-state index is 0.00219. The topological polar surface area (TPSA) is 46.2 Å². The molecule has 0 aliphatic heterocycles. The van der Waals surface area contributed by atoms with E-state index in [2.05, 4.69) is 20.7 Å². The van der Waals surface area contributed by atoms with Gasteiger partial charge in [-0.3, -0.25) is 0 Å². The lowest BCUT2D eigenvalue weighted by molar-refractivity contribution is 0.533. The fourth-order valence-corrected chi connectivity index (χ4v) is 4.44. The van der Waals surface area contributed by atoms with E-state index < -0.39 is 10.0 Å². The normalized spacial score (nSPS) is 16.3. The number of sulfonamides is 1. The van der Waals surface area contributed by atoms with Gasteiger partial charge in [0.2, 0.25) is 10.0 Å². The summed E-state index contributed by atoms with van der Waals surface area (Å²) < 4.78 is 27.5. The minimum atomic E-state index is -3.39. The second kappa shape index (κ2) is 6.37. The molecule has 1 aromatic carbocycles. The van der Waals surface area contributed by atoms with Crippen molar-refractivity contribution in [1.82, 2.24) is 4.72 Å². The number of rotatable bonds is 6. The second-order valence-electron chi connectivity index (χ2n) is 4.99. The van der Waals surface area contributed by atoms with Crippen molar-refractivity contribution in [1.29, 1.82) is 0 Å². The molecule has 1 N–H and O–H groups in total. The summed E-state index contributed by atoms with van der Waals surface area (Å²) in [6, 6.07) is 5.53. The van der Waals surface area contributed by atoms with Crippen LogP contribution in [-0.4, -0.2) is 19.8 Å². The van der Waals surface area contributed by atoms with Gasteiger partial charge in [-0.1, -0.05) is 28.9 Å². The Morgan fingerprint density at radius 1 is 1.32 bits per heavy atom. The largest absolute Gasteiger partial charge is 0.240 e. The quantitative estimate of drug-likeness (QED) is 0.805. The lowest BCUT2D eigenvalue weighted by atomic mass is 10.1. The molecule has 0 saturated heterocycles. The standard InChI is InChI=1S/C14H20BrNO2S/c1-2-13(8-9-15)16-19(17,18)14-7-6-11-4-3-5-12(11)10-14/h6-7,10,13,16H,2-5,8-9H2,1H3. The first-order chi connectivity index (χ1) is 9.06. The SMILES string of the molecule is CCC(CCBr)NS(=O)(=O)c1ccc2c(c1)CCC2. The van der Waals surface area contributed by atoms with E-state index in [1.807, 2.05) is 19.1 Å². The molecule has 0 amide bonds. The van der Waals surface area contributed by atoms with Crippen LogP contribution in [0.1, 0.15) is 37.3 Å². The molecule has 1 aliphatic carbocycles. The van der Waals surface area contributed by atoms with E-state index in [0.717, 1.165) is 37.4 Å². The summed E-state index contributed by atoms with van der Waals surface area (Å²) in [4.78, 5) is 0.404. The third kappa shape index (κ3) is 3.58. The maximum atomic E-state index is 12.3. The van der Waals surface area contributed by atoms with Crippen molar-refractivity contribution in [2.45, 2.75) is 50.0 Å². The second-order valence-corrected chi connectivity index (χ2v) is 7.50. The van der Waals surface area contributed by atoms with Crippen molar-refractivity contribution >= 4 is 26.0 Å². The Morgan fingerprint density at radius 3 is 2.74 bits per heavy atom. The van der Waals surface area contributed by atoms with E-state index in [1.54, 1.807) is 6.07 Å². The molecule has 1 unspecified atom stereocenters. The van der Waals surface area contributed by atoms with Gasteiger partial charge in [0, 0.05) is 11.4 Å². The van der Waals surface area contributed by atoms with Crippen LogP contribution in [0.5, 0.6) is 0 Å². The van der Waals surface area contributed by atoms with Crippen LogP contribution in [0.25, 0.3) is 0 Å². The number of nitrogens with one attached hydrogen (secondary N) is 1. The fourth-order valence-electron chi connectivity index (χ4n) is 2.48. The van der Waals surface area contributed by atoms with Gasteiger partial charge >= 0.3 is 0 Å². The van der Waals surface area contributed by atoms with E-state index in [1.165, 1.54) is 11.1 Å². The first-order valence-electron chi connectivity index (χ1n) is 6.77. The zero-order valence-corrected chi connectivity index (χ0v) is 13.6. The van der Waals surface area contributed by atoms with E-state index >= 15 is 0 Å². The first-order valence-corrected chi connectivity index (χ1v) is 9.37. The number of benzene rings is 1. The molecule has 0 bridgehead atoms. The highest BCUT2D eigenvalue weighted by Gasteiger charge is 2.21. The van der Waals surface area contributed by atoms with Gasteiger partial charge in [0.05, 0.1) is 4.90 Å². The fraction of sp³-hybridized carbons (Fsp3) is 0.571. The average Bonchev–Trinajstić information content (AvgIpc) is 2.85. The molecular weight excluding hydrogens is 326 g/mol. The Bertz CT molecular complexity index is 542. The maximum absolute atomic E-state index is 12.3. The van der Waals surface area contributed by atoms with E-state index in [9.17, 15) is 8.42 Å². The van der Waals surface area contributed by atoms with Crippen LogP contribution in [0.15, 0.2) is 23.1 Å². The summed E-state index contributed by atoms with van der Waals surface area (Å²) in [6.07, 6.45) is 4.81. The Balaban J connectivity index is 2.19. The molecule has 0 heterocycles. The zero-order valence-electron chi connectivity index (χ0n) is 11.2. The zero-order chi connectivity index (χ0) is 13.9. The molecule has 1 aliphatic rings. The summed E-state index contributed by atoms with van der Waals surface area (Å²) in [5.74, 6) is 0. The summed E-state index contributed by atoms with van der Waals surface area (Å²) in [5, 5.41) is 0.804. The van der Waals surface area contributed by atoms with Gasteiger partial charge in [-0.05, 0) is 55.4 Å². The molecule has 106 valence electrons. The molecule has 0 fully saturated rings. The Hall–Kier alpha value is -0.390. The van der Waals surface area contributed by atoms with Crippen LogP contribution >= 0.6 is 15.9 Å². The number of alkyl halides is 1. The molecule has 5 heteroatoms. The highest BCUT2D eigenvalue weighted by atomic mass is 79.9. The summed E-state index contributed by atoms with van der Waals surface area (Å²) in [5.41, 5.74) is 2.49. The van der Waals surface area contributed by atoms with Crippen molar-refractivity contribution in [3.05, 3.63) is 29.3 Å². The van der Waals surface area contributed by atoms with Gasteiger partial charge in [-0.2, -0.15) is 0 Å². The summed E-state index contributed by atoms with van der Waals surface area (Å²) in [7, 11) is -3.39. The average molecular weight is 346 g/mol. The van der Waals surface area contributed by atoms with Crippen LogP contribution in [0.2, 0.25) is 0 Å². The van der Waals surface area contributed by atoms with Crippen molar-refractivity contribution in [2.75, 3.05) is 5.33 Å². The van der Waals surface area contributed by atoms with Crippen molar-refractivity contribution in [3.8, 4) is 0 Å². The molecule has 2 rings (SSSR count). The van der Waals surface area contributed by atoms with Crippen molar-refractivity contribution < 1.29 is 8.42 Å². The smallest absolute Gasteiger partial charge is 0.208 e. The van der Waals surface area contributed by atoms with Gasteiger partial charge < -0.3 is 0 Å². The molecule has 0 saturated carbocycles. The third-order valence-electron chi connectivity index (χ3n) is 3.65. The molecule has 0 spiro atoms. The third-order valence-corrected chi connectivity index (χ3v) is 5.63. The number of aryl methyl sites for hydroxylation is 2. The molecule has 1 aromatic rings. The van der Waals surface area contributed by atoms with Gasteiger partial charge in [0.25, 0.3) is 0 Å². The van der Waals surface area contributed by atoms with E-state index in [-0.39, 0.29) is 6.04 Å². The van der Waals surface area contributed by atoms with Crippen LogP contribution in [-0.2, 0) is 22.9 Å². The number of fused-ring (bicyclic) bond motifs is 1. The monoisotopic (exact) mass is 345 g/mol. The molecule has 0 radical (unpaired) electrons. The highest BCUT2D eigenvalue weighted by Crippen LogP contribution is 2.24. The van der Waals surface area contributed by atoms with Crippen molar-refractivity contribution in [2.24, 2.45) is 0 Å². The van der Waals surface area contributed by atoms with E-state index in [0.29, 0.717) is 4.90 Å². The number of halogens is 1. The molecule has 19 heavy (non-hydrogen) atoms. The maximum Gasteiger partial charge on any atom is 0.240 e. The van der Waals surface area contributed by atoms with Gasteiger partial charge in [0.15, 0.2) is 0 Å². The summed E-state index contributed by atoms with van der Waals surface area (Å²) >= 11 is 3.36. The molecule has 3 nitrogen and oxygen atoms in total. The van der Waals surface area contributed by atoms with Gasteiger partial charge in [-0.25, -0.2) is 13.1 Å². The number of hydrogen-bond donors (Lipinski definition) is 1. The molecular formula is C14H20BrNO2S. The predicted molar refractivity (Wildman–Crippen MR) is 81.3 cm³/mol. The Morgan fingerprint density at radius 2 is 2.05 bits per heavy atom. The highest BCUT2D eigenvalue weighted by molar-refractivity contribution is 9.09. The lowest BCUT2D eigenvalue weighted by Gasteiger charge is -2.16.